The van der Waals surface area contributed by atoms with Crippen molar-refractivity contribution in [1.82, 2.24) is 14.8 Å². The molecule has 33 heavy (non-hydrogen) atoms. The number of aromatic hydroxyl groups is 1. The Kier molecular flexibility index (Phi) is 5.70. The molecule has 0 radical (unpaired) electrons. The summed E-state index contributed by atoms with van der Waals surface area (Å²) in [4.78, 5) is 17.7. The molecule has 1 N–H and O–H groups in total. The van der Waals surface area contributed by atoms with Gasteiger partial charge in [-0.05, 0) is 68.2 Å². The van der Waals surface area contributed by atoms with Crippen molar-refractivity contribution in [3.05, 3.63) is 59.4 Å². The summed E-state index contributed by atoms with van der Waals surface area (Å²) in [7, 11) is 3.92. The average Bonchev–Trinajstić information content (AvgIpc) is 3.18. The normalized spacial score (nSPS) is 24.5. The number of hydrogen-bond acceptors (Lipinski definition) is 5. The van der Waals surface area contributed by atoms with Gasteiger partial charge in [-0.25, -0.2) is 14.2 Å². The Labute approximate surface area is 193 Å². The second kappa shape index (κ2) is 8.67. The molecule has 0 spiro atoms. The highest BCUT2D eigenvalue weighted by Gasteiger charge is 2.46. The molecule has 3 atom stereocenters. The maximum atomic E-state index is 14.1. The van der Waals surface area contributed by atoms with Crippen LogP contribution in [0, 0.1) is 17.7 Å². The number of piperidine rings is 1. The maximum absolute atomic E-state index is 14.1. The quantitative estimate of drug-likeness (QED) is 0.771. The number of likely N-dealkylation sites (tertiary alicyclic amines) is 1. The van der Waals surface area contributed by atoms with E-state index in [1.54, 1.807) is 29.2 Å². The third-order valence-corrected chi connectivity index (χ3v) is 6.84. The summed E-state index contributed by atoms with van der Waals surface area (Å²) in [6.07, 6.45) is 2.22. The maximum Gasteiger partial charge on any atom is 0.340 e. The number of urea groups is 1. The number of ether oxygens (including phenoxy) is 1. The summed E-state index contributed by atoms with van der Waals surface area (Å²) < 4.78 is 20.0. The Balaban J connectivity index is 1.48. The molecule has 174 valence electrons. The highest BCUT2D eigenvalue weighted by atomic mass is 19.1. The molecule has 2 amide bonds. The van der Waals surface area contributed by atoms with Crippen LogP contribution in [-0.2, 0) is 0 Å². The SMILES string of the molecule is CN1CCC[C@H](CN(C)C(=O)N2N=C3c4cc(F)ccc4OCC3C2c2cccc(O)c2)C1. The van der Waals surface area contributed by atoms with Crippen molar-refractivity contribution >= 4 is 11.7 Å². The largest absolute Gasteiger partial charge is 0.508 e. The monoisotopic (exact) mass is 452 g/mol. The summed E-state index contributed by atoms with van der Waals surface area (Å²) in [5.74, 6) is 0.453. The number of carbonyl (C=O) groups excluding carboxylic acids is 1. The smallest absolute Gasteiger partial charge is 0.340 e. The lowest BCUT2D eigenvalue weighted by Crippen LogP contribution is -2.45. The molecule has 2 aromatic carbocycles. The molecule has 7 nitrogen and oxygen atoms in total. The van der Waals surface area contributed by atoms with Gasteiger partial charge in [-0.3, -0.25) is 0 Å². The van der Waals surface area contributed by atoms with Crippen LogP contribution in [0.4, 0.5) is 9.18 Å². The standard InChI is InChI=1S/C25H29FN4O3/c1-28-10-4-5-16(13-28)14-29(2)25(32)30-24(17-6-3-7-19(31)11-17)21-15-33-22-9-8-18(26)12-20(22)23(21)27-30/h3,6-9,11-12,16,21,24,31H,4-5,10,13-15H2,1-2H3/t16-,21?,24?/m0/s1. The van der Waals surface area contributed by atoms with Crippen LogP contribution in [0.25, 0.3) is 0 Å². The molecule has 3 aliphatic rings. The van der Waals surface area contributed by atoms with Crippen molar-refractivity contribution in [2.45, 2.75) is 18.9 Å². The zero-order chi connectivity index (χ0) is 23.1. The van der Waals surface area contributed by atoms with E-state index in [-0.39, 0.29) is 23.5 Å². The van der Waals surface area contributed by atoms with E-state index >= 15 is 0 Å². The summed E-state index contributed by atoms with van der Waals surface area (Å²) in [5.41, 5.74) is 1.98. The van der Waals surface area contributed by atoms with Gasteiger partial charge in [0.1, 0.15) is 17.3 Å². The van der Waals surface area contributed by atoms with Crippen molar-refractivity contribution in [2.75, 3.05) is 40.3 Å². The third kappa shape index (κ3) is 4.15. The lowest BCUT2D eigenvalue weighted by Gasteiger charge is -2.35. The second-order valence-corrected chi connectivity index (χ2v) is 9.36. The number of hydrazone groups is 1. The van der Waals surface area contributed by atoms with Crippen LogP contribution in [0.1, 0.15) is 30.0 Å². The minimum atomic E-state index is -0.451. The Morgan fingerprint density at radius 2 is 2.15 bits per heavy atom. The Morgan fingerprint density at radius 1 is 1.30 bits per heavy atom. The number of halogens is 1. The van der Waals surface area contributed by atoms with Gasteiger partial charge in [0.2, 0.25) is 0 Å². The van der Waals surface area contributed by atoms with Gasteiger partial charge >= 0.3 is 6.03 Å². The van der Waals surface area contributed by atoms with Crippen LogP contribution >= 0.6 is 0 Å². The van der Waals surface area contributed by atoms with Gasteiger partial charge in [-0.15, -0.1) is 0 Å². The topological polar surface area (TPSA) is 68.6 Å². The fourth-order valence-electron chi connectivity index (χ4n) is 5.31. The van der Waals surface area contributed by atoms with Crippen LogP contribution in [0.2, 0.25) is 0 Å². The Morgan fingerprint density at radius 3 is 2.94 bits per heavy atom. The molecular weight excluding hydrogens is 423 g/mol. The number of phenols is 1. The van der Waals surface area contributed by atoms with E-state index in [1.165, 1.54) is 17.1 Å². The number of carbonyl (C=O) groups is 1. The summed E-state index contributed by atoms with van der Waals surface area (Å²) >= 11 is 0. The molecular formula is C25H29FN4O3. The predicted molar refractivity (Wildman–Crippen MR) is 123 cm³/mol. The number of nitrogens with zero attached hydrogens (tertiary/aromatic N) is 4. The van der Waals surface area contributed by atoms with E-state index < -0.39 is 6.04 Å². The van der Waals surface area contributed by atoms with Crippen molar-refractivity contribution in [3.63, 3.8) is 0 Å². The van der Waals surface area contributed by atoms with Crippen LogP contribution in [0.3, 0.4) is 0 Å². The van der Waals surface area contributed by atoms with Gasteiger partial charge < -0.3 is 19.6 Å². The van der Waals surface area contributed by atoms with Gasteiger partial charge in [0.15, 0.2) is 0 Å². The summed E-state index contributed by atoms with van der Waals surface area (Å²) in [6, 6.07) is 10.6. The molecule has 1 saturated heterocycles. The van der Waals surface area contributed by atoms with E-state index in [9.17, 15) is 14.3 Å². The second-order valence-electron chi connectivity index (χ2n) is 9.36. The van der Waals surface area contributed by atoms with Crippen LogP contribution in [-0.4, -0.2) is 72.0 Å². The number of rotatable bonds is 3. The number of fused-ring (bicyclic) bond motifs is 3. The molecule has 3 aliphatic heterocycles. The zero-order valence-electron chi connectivity index (χ0n) is 18.9. The number of amides is 2. The molecule has 0 bridgehead atoms. The van der Waals surface area contributed by atoms with Crippen LogP contribution in [0.5, 0.6) is 11.5 Å². The first-order chi connectivity index (χ1) is 15.9. The van der Waals surface area contributed by atoms with Crippen molar-refractivity contribution in [2.24, 2.45) is 16.9 Å². The first-order valence-electron chi connectivity index (χ1n) is 11.4. The Hall–Kier alpha value is -3.13. The highest BCUT2D eigenvalue weighted by molar-refractivity contribution is 6.07. The van der Waals surface area contributed by atoms with Gasteiger partial charge in [-0.2, -0.15) is 5.10 Å². The Bertz CT molecular complexity index is 1090. The molecule has 3 heterocycles. The highest BCUT2D eigenvalue weighted by Crippen LogP contribution is 2.43. The lowest BCUT2D eigenvalue weighted by molar-refractivity contribution is 0.118. The van der Waals surface area contributed by atoms with E-state index in [1.807, 2.05) is 13.1 Å². The van der Waals surface area contributed by atoms with Crippen molar-refractivity contribution in [3.8, 4) is 11.5 Å². The van der Waals surface area contributed by atoms with E-state index in [4.69, 9.17) is 9.84 Å². The van der Waals surface area contributed by atoms with Crippen molar-refractivity contribution in [1.29, 1.82) is 0 Å². The minimum absolute atomic E-state index is 0.120. The molecule has 0 aromatic heterocycles. The van der Waals surface area contributed by atoms with Crippen molar-refractivity contribution < 1.29 is 19.0 Å². The van der Waals surface area contributed by atoms with E-state index in [0.717, 1.165) is 31.5 Å². The fourth-order valence-corrected chi connectivity index (χ4v) is 5.31. The zero-order valence-corrected chi connectivity index (χ0v) is 18.9. The van der Waals surface area contributed by atoms with Gasteiger partial charge in [0, 0.05) is 25.7 Å². The number of hydrogen-bond donors (Lipinski definition) is 1. The van der Waals surface area contributed by atoms with Gasteiger partial charge in [0.05, 0.1) is 24.3 Å². The number of phenolic OH excluding ortho intramolecular Hbond substituents is 1. The molecule has 0 aliphatic carbocycles. The summed E-state index contributed by atoms with van der Waals surface area (Å²) in [5, 5.41) is 16.3. The molecule has 2 unspecified atom stereocenters. The third-order valence-electron chi connectivity index (χ3n) is 6.84. The molecule has 1 fully saturated rings. The average molecular weight is 453 g/mol. The summed E-state index contributed by atoms with van der Waals surface area (Å²) in [6.45, 7) is 3.01. The predicted octanol–water partition coefficient (Wildman–Crippen LogP) is 3.69. The number of benzene rings is 2. The fraction of sp³-hybridized carbons (Fsp3) is 0.440. The lowest BCUT2D eigenvalue weighted by atomic mass is 9.86. The minimum Gasteiger partial charge on any atom is -0.508 e. The molecule has 2 aromatic rings. The first-order valence-corrected chi connectivity index (χ1v) is 11.4. The van der Waals surface area contributed by atoms with Gasteiger partial charge in [0.25, 0.3) is 0 Å². The van der Waals surface area contributed by atoms with E-state index in [0.29, 0.717) is 36.1 Å². The van der Waals surface area contributed by atoms with Gasteiger partial charge in [-0.1, -0.05) is 12.1 Å². The molecule has 8 heteroatoms. The molecule has 0 saturated carbocycles. The molecule has 5 rings (SSSR count). The van der Waals surface area contributed by atoms with E-state index in [2.05, 4.69) is 11.9 Å². The van der Waals surface area contributed by atoms with Crippen LogP contribution in [0.15, 0.2) is 47.6 Å². The van der Waals surface area contributed by atoms with Crippen LogP contribution < -0.4 is 4.74 Å². The first kappa shape index (κ1) is 21.7.